The number of carbonyl (C=O) groups is 1. The van der Waals surface area contributed by atoms with Gasteiger partial charge in [-0.25, -0.2) is 4.98 Å². The number of halogens is 1. The first-order valence-electron chi connectivity index (χ1n) is 6.46. The molecule has 2 aromatic heterocycles. The van der Waals surface area contributed by atoms with Crippen molar-refractivity contribution in [1.82, 2.24) is 19.7 Å². The Balaban J connectivity index is 1.83. The van der Waals surface area contributed by atoms with Gasteiger partial charge in [0.15, 0.2) is 5.65 Å². The second kappa shape index (κ2) is 5.54. The lowest BCUT2D eigenvalue weighted by atomic mass is 10.2. The number of aryl methyl sites for hydroxylation is 1. The van der Waals surface area contributed by atoms with Crippen LogP contribution in [0.4, 0.5) is 0 Å². The molecule has 0 radical (unpaired) electrons. The predicted molar refractivity (Wildman–Crippen MR) is 80.3 cm³/mol. The summed E-state index contributed by atoms with van der Waals surface area (Å²) in [5.74, 6) is -0.175. The molecule has 3 aromatic rings. The smallest absolute Gasteiger partial charge is 0.270 e. The van der Waals surface area contributed by atoms with E-state index in [4.69, 9.17) is 11.6 Å². The molecule has 1 amide bonds. The molecule has 1 aromatic carbocycles. The van der Waals surface area contributed by atoms with Crippen LogP contribution in [-0.2, 0) is 6.54 Å². The standard InChI is InChI=1S/C15H13ClN4O/c1-10-14(20-6-5-17-9-13(20)19-10)15(21)18-8-11-3-2-4-12(16)7-11/h2-7,9H,8H2,1H3,(H,18,21). The quantitative estimate of drug-likeness (QED) is 0.809. The van der Waals surface area contributed by atoms with Crippen LogP contribution >= 0.6 is 11.6 Å². The van der Waals surface area contributed by atoms with Crippen molar-refractivity contribution in [3.63, 3.8) is 0 Å². The fourth-order valence-electron chi connectivity index (χ4n) is 2.21. The number of carbonyl (C=O) groups excluding carboxylic acids is 1. The minimum atomic E-state index is -0.175. The van der Waals surface area contributed by atoms with Gasteiger partial charge in [0.25, 0.3) is 5.91 Å². The van der Waals surface area contributed by atoms with Crippen molar-refractivity contribution in [3.05, 3.63) is 64.8 Å². The summed E-state index contributed by atoms with van der Waals surface area (Å²) in [7, 11) is 0. The Labute approximate surface area is 126 Å². The second-order valence-corrected chi connectivity index (χ2v) is 5.10. The minimum absolute atomic E-state index is 0.175. The van der Waals surface area contributed by atoms with Crippen molar-refractivity contribution >= 4 is 23.2 Å². The molecule has 6 heteroatoms. The zero-order valence-corrected chi connectivity index (χ0v) is 12.1. The molecular formula is C15H13ClN4O. The van der Waals surface area contributed by atoms with Crippen LogP contribution < -0.4 is 5.32 Å². The summed E-state index contributed by atoms with van der Waals surface area (Å²) in [5.41, 5.74) is 2.80. The predicted octanol–water partition coefficient (Wildman–Crippen LogP) is 2.62. The number of nitrogens with zero attached hydrogens (tertiary/aromatic N) is 3. The average Bonchev–Trinajstić information content (AvgIpc) is 2.81. The SMILES string of the molecule is Cc1nc2cnccn2c1C(=O)NCc1cccc(Cl)c1. The topological polar surface area (TPSA) is 59.3 Å². The van der Waals surface area contributed by atoms with Gasteiger partial charge in [-0.05, 0) is 24.6 Å². The fraction of sp³-hybridized carbons (Fsp3) is 0.133. The molecular weight excluding hydrogens is 288 g/mol. The maximum Gasteiger partial charge on any atom is 0.270 e. The summed E-state index contributed by atoms with van der Waals surface area (Å²) >= 11 is 5.93. The number of fused-ring (bicyclic) bond motifs is 1. The number of imidazole rings is 1. The van der Waals surface area contributed by atoms with Gasteiger partial charge < -0.3 is 5.32 Å². The molecule has 1 N–H and O–H groups in total. The lowest BCUT2D eigenvalue weighted by Gasteiger charge is -2.06. The number of aromatic nitrogens is 3. The molecule has 0 spiro atoms. The van der Waals surface area contributed by atoms with E-state index in [1.165, 1.54) is 0 Å². The van der Waals surface area contributed by atoms with E-state index in [9.17, 15) is 4.79 Å². The summed E-state index contributed by atoms with van der Waals surface area (Å²) < 4.78 is 1.73. The third-order valence-electron chi connectivity index (χ3n) is 3.16. The van der Waals surface area contributed by atoms with E-state index in [1.54, 1.807) is 36.0 Å². The number of rotatable bonds is 3. The molecule has 0 saturated heterocycles. The molecule has 5 nitrogen and oxygen atoms in total. The highest BCUT2D eigenvalue weighted by Crippen LogP contribution is 2.12. The average molecular weight is 301 g/mol. The van der Waals surface area contributed by atoms with Crippen LogP contribution in [0, 0.1) is 6.92 Å². The molecule has 106 valence electrons. The van der Waals surface area contributed by atoms with Crippen molar-refractivity contribution < 1.29 is 4.79 Å². The van der Waals surface area contributed by atoms with E-state index in [0.29, 0.717) is 28.6 Å². The van der Waals surface area contributed by atoms with E-state index in [0.717, 1.165) is 5.56 Å². The van der Waals surface area contributed by atoms with Gasteiger partial charge in [0.2, 0.25) is 0 Å². The zero-order chi connectivity index (χ0) is 14.8. The Hall–Kier alpha value is -2.40. The molecule has 0 bridgehead atoms. The molecule has 0 saturated carbocycles. The minimum Gasteiger partial charge on any atom is -0.347 e. The number of nitrogens with one attached hydrogen (secondary N) is 1. The maximum absolute atomic E-state index is 12.4. The fourth-order valence-corrected chi connectivity index (χ4v) is 2.42. The lowest BCUT2D eigenvalue weighted by molar-refractivity contribution is 0.0944. The summed E-state index contributed by atoms with van der Waals surface area (Å²) in [6, 6.07) is 7.40. The molecule has 0 unspecified atom stereocenters. The third kappa shape index (κ3) is 2.73. The van der Waals surface area contributed by atoms with E-state index in [1.807, 2.05) is 18.2 Å². The molecule has 0 aliphatic heterocycles. The Morgan fingerprint density at radius 2 is 2.29 bits per heavy atom. The van der Waals surface area contributed by atoms with E-state index in [-0.39, 0.29) is 5.91 Å². The van der Waals surface area contributed by atoms with Crippen molar-refractivity contribution in [2.75, 3.05) is 0 Å². The van der Waals surface area contributed by atoms with Gasteiger partial charge in [0, 0.05) is 24.0 Å². The van der Waals surface area contributed by atoms with Crippen LogP contribution in [0.5, 0.6) is 0 Å². The van der Waals surface area contributed by atoms with Crippen LogP contribution in [0.15, 0.2) is 42.9 Å². The van der Waals surface area contributed by atoms with Crippen LogP contribution in [0.25, 0.3) is 5.65 Å². The second-order valence-electron chi connectivity index (χ2n) is 4.66. The van der Waals surface area contributed by atoms with Gasteiger partial charge in [0.1, 0.15) is 5.69 Å². The van der Waals surface area contributed by atoms with Gasteiger partial charge >= 0.3 is 0 Å². The van der Waals surface area contributed by atoms with E-state index < -0.39 is 0 Å². The molecule has 2 heterocycles. The zero-order valence-electron chi connectivity index (χ0n) is 11.4. The molecule has 3 rings (SSSR count). The number of benzene rings is 1. The molecule has 21 heavy (non-hydrogen) atoms. The highest BCUT2D eigenvalue weighted by atomic mass is 35.5. The van der Waals surface area contributed by atoms with Gasteiger partial charge in [-0.3, -0.25) is 14.2 Å². The Bertz CT molecular complexity index is 812. The van der Waals surface area contributed by atoms with Crippen molar-refractivity contribution in [2.45, 2.75) is 13.5 Å². The Morgan fingerprint density at radius 1 is 1.43 bits per heavy atom. The van der Waals surface area contributed by atoms with E-state index >= 15 is 0 Å². The molecule has 0 aliphatic carbocycles. The van der Waals surface area contributed by atoms with Gasteiger partial charge in [-0.2, -0.15) is 0 Å². The number of amides is 1. The van der Waals surface area contributed by atoms with Crippen LogP contribution in [0.3, 0.4) is 0 Å². The van der Waals surface area contributed by atoms with Crippen molar-refractivity contribution in [1.29, 1.82) is 0 Å². The van der Waals surface area contributed by atoms with E-state index in [2.05, 4.69) is 15.3 Å². The Morgan fingerprint density at radius 3 is 3.10 bits per heavy atom. The number of hydrogen-bond donors (Lipinski definition) is 1. The van der Waals surface area contributed by atoms with Crippen LogP contribution in [0.2, 0.25) is 5.02 Å². The van der Waals surface area contributed by atoms with Crippen LogP contribution in [0.1, 0.15) is 21.7 Å². The first-order valence-corrected chi connectivity index (χ1v) is 6.84. The summed E-state index contributed by atoms with van der Waals surface area (Å²) in [5, 5.41) is 3.53. The summed E-state index contributed by atoms with van der Waals surface area (Å²) in [6.07, 6.45) is 4.98. The number of hydrogen-bond acceptors (Lipinski definition) is 3. The lowest BCUT2D eigenvalue weighted by Crippen LogP contribution is -2.25. The largest absolute Gasteiger partial charge is 0.347 e. The third-order valence-corrected chi connectivity index (χ3v) is 3.40. The first kappa shape index (κ1) is 13.6. The monoisotopic (exact) mass is 300 g/mol. The van der Waals surface area contributed by atoms with Gasteiger partial charge in [-0.15, -0.1) is 0 Å². The summed E-state index contributed by atoms with van der Waals surface area (Å²) in [6.45, 7) is 2.22. The van der Waals surface area contributed by atoms with Crippen LogP contribution in [-0.4, -0.2) is 20.3 Å². The Kier molecular flexibility index (Phi) is 3.58. The maximum atomic E-state index is 12.4. The molecule has 0 atom stereocenters. The molecule has 0 aliphatic rings. The van der Waals surface area contributed by atoms with Gasteiger partial charge in [0.05, 0.1) is 11.9 Å². The highest BCUT2D eigenvalue weighted by Gasteiger charge is 2.16. The van der Waals surface area contributed by atoms with Crippen molar-refractivity contribution in [3.8, 4) is 0 Å². The highest BCUT2D eigenvalue weighted by molar-refractivity contribution is 6.30. The normalized spacial score (nSPS) is 10.8. The first-order chi connectivity index (χ1) is 10.1. The van der Waals surface area contributed by atoms with Crippen molar-refractivity contribution in [2.24, 2.45) is 0 Å². The summed E-state index contributed by atoms with van der Waals surface area (Å²) in [4.78, 5) is 20.7. The van der Waals surface area contributed by atoms with Gasteiger partial charge in [-0.1, -0.05) is 23.7 Å². The molecule has 0 fully saturated rings.